The summed E-state index contributed by atoms with van der Waals surface area (Å²) < 4.78 is 4.81. The Labute approximate surface area is 110 Å². The van der Waals surface area contributed by atoms with E-state index in [0.717, 1.165) is 5.56 Å². The van der Waals surface area contributed by atoms with Crippen LogP contribution < -0.4 is 5.32 Å². The van der Waals surface area contributed by atoms with Gasteiger partial charge in [-0.3, -0.25) is 4.79 Å². The number of carboxylic acid groups (broad SMARTS) is 1. The molecular weight excluding hydrogens is 253 g/mol. The van der Waals surface area contributed by atoms with E-state index >= 15 is 0 Å². The predicted molar refractivity (Wildman–Crippen MR) is 66.2 cm³/mol. The van der Waals surface area contributed by atoms with Gasteiger partial charge < -0.3 is 25.2 Å². The van der Waals surface area contributed by atoms with Crippen molar-refractivity contribution in [1.82, 2.24) is 5.32 Å². The third kappa shape index (κ3) is 5.89. The topological polar surface area (TPSA) is 116 Å². The first-order valence-electron chi connectivity index (χ1n) is 5.55. The van der Waals surface area contributed by atoms with Crippen LogP contribution in [0, 0.1) is 0 Å². The Morgan fingerprint density at radius 2 is 1.89 bits per heavy atom. The van der Waals surface area contributed by atoms with Gasteiger partial charge in [0.15, 0.2) is 0 Å². The number of aliphatic carboxylic acids is 1. The first-order chi connectivity index (χ1) is 8.99. The van der Waals surface area contributed by atoms with Gasteiger partial charge in [-0.15, -0.1) is 0 Å². The Morgan fingerprint density at radius 1 is 1.26 bits per heavy atom. The minimum Gasteiger partial charge on any atom is -0.480 e. The van der Waals surface area contributed by atoms with Crippen molar-refractivity contribution in [2.24, 2.45) is 0 Å². The molecule has 0 heterocycles. The monoisotopic (exact) mass is 267 g/mol. The quantitative estimate of drug-likeness (QED) is 0.532. The van der Waals surface area contributed by atoms with E-state index in [-0.39, 0.29) is 6.61 Å². The van der Waals surface area contributed by atoms with E-state index in [2.05, 4.69) is 0 Å². The molecule has 0 aromatic heterocycles. The second kappa shape index (κ2) is 7.40. The lowest BCUT2D eigenvalue weighted by Crippen LogP contribution is -2.43. The van der Waals surface area contributed by atoms with Crippen LogP contribution in [0.1, 0.15) is 5.56 Å². The van der Waals surface area contributed by atoms with E-state index in [4.69, 9.17) is 19.9 Å². The standard InChI is InChI=1S/C11H14BNO6/c14-10(15)9(6-12(17)18)13-11(16)19-7-8-4-2-1-3-5-8/h1-5,9,17-18H,6-7H2,(H,13,16)(H,14,15). The van der Waals surface area contributed by atoms with Crippen LogP contribution in [0.5, 0.6) is 0 Å². The molecule has 1 atom stereocenters. The van der Waals surface area contributed by atoms with Crippen molar-refractivity contribution < 1.29 is 29.5 Å². The summed E-state index contributed by atoms with van der Waals surface area (Å²) in [5.41, 5.74) is 0.756. The molecule has 0 aliphatic heterocycles. The lowest BCUT2D eigenvalue weighted by atomic mass is 9.82. The highest BCUT2D eigenvalue weighted by molar-refractivity contribution is 6.41. The van der Waals surface area contributed by atoms with Crippen LogP contribution >= 0.6 is 0 Å². The molecule has 0 aliphatic carbocycles. The summed E-state index contributed by atoms with van der Waals surface area (Å²) in [4.78, 5) is 22.1. The average Bonchev–Trinajstić information content (AvgIpc) is 2.36. The molecule has 0 saturated carbocycles. The van der Waals surface area contributed by atoms with Gasteiger partial charge in [-0.1, -0.05) is 30.3 Å². The van der Waals surface area contributed by atoms with Crippen molar-refractivity contribution in [1.29, 1.82) is 0 Å². The summed E-state index contributed by atoms with van der Waals surface area (Å²) in [6, 6.07) is 7.45. The molecule has 0 saturated heterocycles. The lowest BCUT2D eigenvalue weighted by Gasteiger charge is -2.13. The van der Waals surface area contributed by atoms with Crippen molar-refractivity contribution in [2.45, 2.75) is 19.0 Å². The Bertz CT molecular complexity index is 424. The largest absolute Gasteiger partial charge is 0.480 e. The molecule has 1 rings (SSSR count). The van der Waals surface area contributed by atoms with E-state index in [9.17, 15) is 9.59 Å². The molecule has 0 bridgehead atoms. The Kier molecular flexibility index (Phi) is 5.84. The highest BCUT2D eigenvalue weighted by Crippen LogP contribution is 2.02. The van der Waals surface area contributed by atoms with Crippen molar-refractivity contribution in [3.05, 3.63) is 35.9 Å². The first kappa shape index (κ1) is 15.0. The molecule has 0 spiro atoms. The Balaban J connectivity index is 2.42. The molecule has 0 radical (unpaired) electrons. The lowest BCUT2D eigenvalue weighted by molar-refractivity contribution is -0.139. The molecule has 1 aromatic rings. The number of carbonyl (C=O) groups is 2. The second-order valence-corrected chi connectivity index (χ2v) is 3.81. The Morgan fingerprint density at radius 3 is 2.42 bits per heavy atom. The van der Waals surface area contributed by atoms with Gasteiger partial charge >= 0.3 is 19.2 Å². The minimum atomic E-state index is -1.82. The van der Waals surface area contributed by atoms with E-state index in [1.54, 1.807) is 24.3 Å². The van der Waals surface area contributed by atoms with E-state index in [0.29, 0.717) is 0 Å². The maximum atomic E-state index is 11.4. The number of ether oxygens (including phenoxy) is 1. The fourth-order valence-corrected chi connectivity index (χ4v) is 1.34. The van der Waals surface area contributed by atoms with Crippen molar-refractivity contribution in [3.63, 3.8) is 0 Å². The van der Waals surface area contributed by atoms with Gasteiger partial charge in [0.25, 0.3) is 0 Å². The number of nitrogens with one attached hydrogen (secondary N) is 1. The van der Waals surface area contributed by atoms with Crippen LogP contribution in [-0.4, -0.2) is 40.4 Å². The van der Waals surface area contributed by atoms with Crippen LogP contribution in [0.4, 0.5) is 4.79 Å². The van der Waals surface area contributed by atoms with Gasteiger partial charge in [0.05, 0.1) is 0 Å². The van der Waals surface area contributed by atoms with E-state index in [1.807, 2.05) is 11.4 Å². The zero-order valence-electron chi connectivity index (χ0n) is 10.0. The summed E-state index contributed by atoms with van der Waals surface area (Å²) in [5, 5.41) is 28.2. The highest BCUT2D eigenvalue weighted by Gasteiger charge is 2.25. The fraction of sp³-hybridized carbons (Fsp3) is 0.273. The molecule has 0 aliphatic rings. The molecule has 102 valence electrons. The van der Waals surface area contributed by atoms with Gasteiger partial charge in [0.2, 0.25) is 0 Å². The van der Waals surface area contributed by atoms with Crippen molar-refractivity contribution in [2.75, 3.05) is 0 Å². The molecule has 1 aromatic carbocycles. The molecule has 4 N–H and O–H groups in total. The molecule has 7 nitrogen and oxygen atoms in total. The number of hydrogen-bond acceptors (Lipinski definition) is 5. The first-order valence-corrected chi connectivity index (χ1v) is 5.55. The van der Waals surface area contributed by atoms with Gasteiger partial charge in [-0.2, -0.15) is 0 Å². The van der Waals surface area contributed by atoms with Gasteiger partial charge in [-0.25, -0.2) is 4.79 Å². The molecule has 8 heteroatoms. The number of carbonyl (C=O) groups excluding carboxylic acids is 1. The van der Waals surface area contributed by atoms with Crippen LogP contribution in [0.15, 0.2) is 30.3 Å². The summed E-state index contributed by atoms with van der Waals surface area (Å²) in [7, 11) is -1.82. The summed E-state index contributed by atoms with van der Waals surface area (Å²) in [5.74, 6) is -1.37. The highest BCUT2D eigenvalue weighted by atomic mass is 16.5. The summed E-state index contributed by atoms with van der Waals surface area (Å²) >= 11 is 0. The van der Waals surface area contributed by atoms with Crippen LogP contribution in [-0.2, 0) is 16.1 Å². The van der Waals surface area contributed by atoms with Crippen LogP contribution in [0.3, 0.4) is 0 Å². The van der Waals surface area contributed by atoms with Crippen molar-refractivity contribution >= 4 is 19.2 Å². The molecule has 1 unspecified atom stereocenters. The average molecular weight is 267 g/mol. The van der Waals surface area contributed by atoms with Gasteiger partial charge in [-0.05, 0) is 5.56 Å². The minimum absolute atomic E-state index is 0.000685. The third-order valence-corrected chi connectivity index (χ3v) is 2.25. The zero-order chi connectivity index (χ0) is 14.3. The number of hydrogen-bond donors (Lipinski definition) is 4. The van der Waals surface area contributed by atoms with Gasteiger partial charge in [0, 0.05) is 6.32 Å². The number of carboxylic acids is 1. The zero-order valence-corrected chi connectivity index (χ0v) is 10.0. The number of benzene rings is 1. The number of amides is 1. The molecule has 19 heavy (non-hydrogen) atoms. The van der Waals surface area contributed by atoms with Crippen molar-refractivity contribution in [3.8, 4) is 0 Å². The number of alkyl carbamates (subject to hydrolysis) is 1. The fourth-order valence-electron chi connectivity index (χ4n) is 1.34. The summed E-state index contributed by atoms with van der Waals surface area (Å²) in [6.07, 6.45) is -1.45. The van der Waals surface area contributed by atoms with Crippen LogP contribution in [0.2, 0.25) is 6.32 Å². The Hall–Kier alpha value is -2.06. The molecule has 1 amide bonds. The van der Waals surface area contributed by atoms with E-state index in [1.165, 1.54) is 0 Å². The van der Waals surface area contributed by atoms with E-state index < -0.39 is 31.5 Å². The molecular formula is C11H14BNO6. The maximum Gasteiger partial charge on any atom is 0.454 e. The van der Waals surface area contributed by atoms with Crippen LogP contribution in [0.25, 0.3) is 0 Å². The molecule has 0 fully saturated rings. The summed E-state index contributed by atoms with van der Waals surface area (Å²) in [6.45, 7) is 0.000685. The van der Waals surface area contributed by atoms with Gasteiger partial charge in [0.1, 0.15) is 12.6 Å². The number of rotatable bonds is 6. The normalized spacial score (nSPS) is 11.5. The second-order valence-electron chi connectivity index (χ2n) is 3.81. The SMILES string of the molecule is O=C(NC(CB(O)O)C(=O)O)OCc1ccccc1. The maximum absolute atomic E-state index is 11.4. The third-order valence-electron chi connectivity index (χ3n) is 2.25. The predicted octanol–water partition coefficient (Wildman–Crippen LogP) is -0.161. The smallest absolute Gasteiger partial charge is 0.454 e.